The van der Waals surface area contributed by atoms with Crippen LogP contribution in [0.4, 0.5) is 5.69 Å². The van der Waals surface area contributed by atoms with Crippen LogP contribution < -0.4 is 11.1 Å². The Bertz CT molecular complexity index is 878. The van der Waals surface area contributed by atoms with Gasteiger partial charge in [-0.1, -0.05) is 18.2 Å². The van der Waals surface area contributed by atoms with Crippen molar-refractivity contribution >= 4 is 39.9 Å². The molecule has 26 heavy (non-hydrogen) atoms. The van der Waals surface area contributed by atoms with Crippen LogP contribution in [0.2, 0.25) is 0 Å². The highest BCUT2D eigenvalue weighted by Gasteiger charge is 2.20. The minimum atomic E-state index is 0. The number of hydrogen-bond donors (Lipinski definition) is 2. The molecule has 1 aliphatic heterocycles. The number of aryl methyl sites for hydroxylation is 1. The van der Waals surface area contributed by atoms with Crippen molar-refractivity contribution in [3.05, 3.63) is 42.5 Å². The maximum atomic E-state index is 6.03. The van der Waals surface area contributed by atoms with Crippen LogP contribution >= 0.6 is 12.4 Å². The minimum absolute atomic E-state index is 0. The number of piperazine rings is 1. The standard InChI is InChI=1S/C21H28N4.ClH/c1-15-13-24(14-16(2)23-15)10-5-11-25-20-7-4-3-6-18(20)19-12-17(22)8-9-21(19)25;/h3-4,6-9,12,15-16,23H,5,10-11,13-14,22H2,1-2H3;1H/t15-,16+;. The molecule has 0 unspecified atom stereocenters. The van der Waals surface area contributed by atoms with E-state index in [0.29, 0.717) is 12.1 Å². The molecule has 4 rings (SSSR count). The highest BCUT2D eigenvalue weighted by molar-refractivity contribution is 6.08. The molecule has 1 aliphatic rings. The molecule has 1 saturated heterocycles. The second-order valence-corrected chi connectivity index (χ2v) is 7.53. The molecule has 1 aromatic heterocycles. The quantitative estimate of drug-likeness (QED) is 0.683. The zero-order chi connectivity index (χ0) is 17.4. The Balaban J connectivity index is 0.00000196. The van der Waals surface area contributed by atoms with Gasteiger partial charge >= 0.3 is 0 Å². The Morgan fingerprint density at radius 3 is 2.42 bits per heavy atom. The van der Waals surface area contributed by atoms with Crippen molar-refractivity contribution in [1.29, 1.82) is 0 Å². The lowest BCUT2D eigenvalue weighted by Gasteiger charge is -2.36. The highest BCUT2D eigenvalue weighted by atomic mass is 35.5. The second kappa shape index (κ2) is 7.87. The predicted molar refractivity (Wildman–Crippen MR) is 114 cm³/mol. The van der Waals surface area contributed by atoms with Crippen molar-refractivity contribution in [3.63, 3.8) is 0 Å². The molecule has 0 bridgehead atoms. The van der Waals surface area contributed by atoms with E-state index in [0.717, 1.165) is 38.3 Å². The Hall–Kier alpha value is -1.75. The van der Waals surface area contributed by atoms with Gasteiger partial charge in [0.15, 0.2) is 0 Å². The van der Waals surface area contributed by atoms with Crippen LogP contribution in [0, 0.1) is 0 Å². The molecule has 0 amide bonds. The van der Waals surface area contributed by atoms with Crippen molar-refractivity contribution in [3.8, 4) is 0 Å². The largest absolute Gasteiger partial charge is 0.399 e. The zero-order valence-corrected chi connectivity index (χ0v) is 16.4. The first-order chi connectivity index (χ1) is 12.1. The van der Waals surface area contributed by atoms with E-state index in [1.807, 2.05) is 6.07 Å². The molecule has 1 fully saturated rings. The van der Waals surface area contributed by atoms with E-state index >= 15 is 0 Å². The van der Waals surface area contributed by atoms with Crippen LogP contribution in [0.1, 0.15) is 20.3 Å². The summed E-state index contributed by atoms with van der Waals surface area (Å²) in [6.07, 6.45) is 1.16. The van der Waals surface area contributed by atoms with Crippen molar-refractivity contribution in [2.24, 2.45) is 0 Å². The number of para-hydroxylation sites is 1. The van der Waals surface area contributed by atoms with Gasteiger partial charge in [-0.2, -0.15) is 0 Å². The Labute approximate surface area is 161 Å². The SMILES string of the molecule is C[C@@H]1CN(CCCn2c3ccccc3c3cc(N)ccc32)C[C@H](C)N1.Cl. The number of benzene rings is 2. The van der Waals surface area contributed by atoms with Crippen LogP contribution in [-0.2, 0) is 6.54 Å². The van der Waals surface area contributed by atoms with Gasteiger partial charge in [0.2, 0.25) is 0 Å². The number of rotatable bonds is 4. The zero-order valence-electron chi connectivity index (χ0n) is 15.6. The first-order valence-electron chi connectivity index (χ1n) is 9.36. The minimum Gasteiger partial charge on any atom is -0.399 e. The van der Waals surface area contributed by atoms with Gasteiger partial charge in [-0.15, -0.1) is 12.4 Å². The second-order valence-electron chi connectivity index (χ2n) is 7.53. The van der Waals surface area contributed by atoms with Crippen molar-refractivity contribution in [2.75, 3.05) is 25.4 Å². The molecule has 0 spiro atoms. The molecule has 4 nitrogen and oxygen atoms in total. The van der Waals surface area contributed by atoms with E-state index in [-0.39, 0.29) is 12.4 Å². The lowest BCUT2D eigenvalue weighted by Crippen LogP contribution is -2.54. The smallest absolute Gasteiger partial charge is 0.0492 e. The molecule has 3 aromatic rings. The number of halogens is 1. The molecular formula is C21H29ClN4. The maximum absolute atomic E-state index is 6.03. The van der Waals surface area contributed by atoms with Gasteiger partial charge in [-0.05, 0) is 51.1 Å². The van der Waals surface area contributed by atoms with E-state index in [1.165, 1.54) is 21.8 Å². The van der Waals surface area contributed by atoms with Crippen LogP contribution in [0.5, 0.6) is 0 Å². The van der Waals surface area contributed by atoms with E-state index in [2.05, 4.69) is 65.0 Å². The van der Waals surface area contributed by atoms with Crippen molar-refractivity contribution in [1.82, 2.24) is 14.8 Å². The lowest BCUT2D eigenvalue weighted by atomic mass is 10.1. The molecular weight excluding hydrogens is 344 g/mol. The fourth-order valence-corrected chi connectivity index (χ4v) is 4.39. The highest BCUT2D eigenvalue weighted by Crippen LogP contribution is 2.30. The number of aromatic nitrogens is 1. The molecule has 0 aliphatic carbocycles. The van der Waals surface area contributed by atoms with Crippen LogP contribution in [0.15, 0.2) is 42.5 Å². The van der Waals surface area contributed by atoms with Crippen LogP contribution in [0.3, 0.4) is 0 Å². The number of nitrogens with one attached hydrogen (secondary N) is 1. The number of nitrogens with two attached hydrogens (primary N) is 1. The summed E-state index contributed by atoms with van der Waals surface area (Å²) in [4.78, 5) is 2.59. The van der Waals surface area contributed by atoms with E-state index in [4.69, 9.17) is 5.73 Å². The third kappa shape index (κ3) is 3.68. The van der Waals surface area contributed by atoms with Crippen LogP contribution in [-0.4, -0.2) is 41.2 Å². The molecule has 2 atom stereocenters. The number of anilines is 1. The summed E-state index contributed by atoms with van der Waals surface area (Å²) < 4.78 is 2.46. The fourth-order valence-electron chi connectivity index (χ4n) is 4.39. The Morgan fingerprint density at radius 1 is 0.962 bits per heavy atom. The van der Waals surface area contributed by atoms with Gasteiger partial charge in [0.05, 0.1) is 0 Å². The first kappa shape index (κ1) is 19.0. The van der Waals surface area contributed by atoms with Gasteiger partial charge in [-0.25, -0.2) is 0 Å². The summed E-state index contributed by atoms with van der Waals surface area (Å²) in [5.74, 6) is 0. The molecule has 5 heteroatoms. The van der Waals surface area contributed by atoms with E-state index in [9.17, 15) is 0 Å². The number of nitrogen functional groups attached to an aromatic ring is 1. The topological polar surface area (TPSA) is 46.2 Å². The summed E-state index contributed by atoms with van der Waals surface area (Å²) in [5, 5.41) is 6.17. The average molecular weight is 373 g/mol. The van der Waals surface area contributed by atoms with Gasteiger partial charge in [0.1, 0.15) is 0 Å². The summed E-state index contributed by atoms with van der Waals surface area (Å²) in [5.41, 5.74) is 9.46. The van der Waals surface area contributed by atoms with E-state index < -0.39 is 0 Å². The monoisotopic (exact) mass is 372 g/mol. The van der Waals surface area contributed by atoms with Gasteiger partial charge in [0.25, 0.3) is 0 Å². The summed E-state index contributed by atoms with van der Waals surface area (Å²) in [6, 6.07) is 16.1. The van der Waals surface area contributed by atoms with Crippen LogP contribution in [0.25, 0.3) is 21.8 Å². The molecule has 140 valence electrons. The number of nitrogens with zero attached hydrogens (tertiary/aromatic N) is 2. The van der Waals surface area contributed by atoms with Crippen molar-refractivity contribution < 1.29 is 0 Å². The predicted octanol–water partition coefficient (Wildman–Crippen LogP) is 3.87. The lowest BCUT2D eigenvalue weighted by molar-refractivity contribution is 0.170. The Morgan fingerprint density at radius 2 is 1.65 bits per heavy atom. The average Bonchev–Trinajstić information content (AvgIpc) is 2.88. The Kier molecular flexibility index (Phi) is 5.76. The number of hydrogen-bond acceptors (Lipinski definition) is 3. The summed E-state index contributed by atoms with van der Waals surface area (Å²) in [6.45, 7) is 9.04. The molecule has 3 N–H and O–H groups in total. The van der Waals surface area contributed by atoms with Gasteiger partial charge in [0, 0.05) is 59.2 Å². The summed E-state index contributed by atoms with van der Waals surface area (Å²) in [7, 11) is 0. The number of fused-ring (bicyclic) bond motifs is 3. The summed E-state index contributed by atoms with van der Waals surface area (Å²) >= 11 is 0. The first-order valence-corrected chi connectivity index (χ1v) is 9.36. The third-order valence-corrected chi connectivity index (χ3v) is 5.29. The van der Waals surface area contributed by atoms with Crippen molar-refractivity contribution in [2.45, 2.75) is 38.9 Å². The maximum Gasteiger partial charge on any atom is 0.0492 e. The molecule has 0 saturated carbocycles. The van der Waals surface area contributed by atoms with Gasteiger partial charge < -0.3 is 20.5 Å². The van der Waals surface area contributed by atoms with Gasteiger partial charge in [-0.3, -0.25) is 0 Å². The van der Waals surface area contributed by atoms with E-state index in [1.54, 1.807) is 0 Å². The normalized spacial score (nSPS) is 21.2. The third-order valence-electron chi connectivity index (χ3n) is 5.29. The molecule has 2 heterocycles. The molecule has 0 radical (unpaired) electrons. The molecule has 2 aromatic carbocycles. The fraction of sp³-hybridized carbons (Fsp3) is 0.429.